The van der Waals surface area contributed by atoms with Crippen molar-refractivity contribution in [1.82, 2.24) is 0 Å². The van der Waals surface area contributed by atoms with Crippen molar-refractivity contribution in [3.63, 3.8) is 0 Å². The van der Waals surface area contributed by atoms with Gasteiger partial charge < -0.3 is 14.8 Å². The van der Waals surface area contributed by atoms with Crippen LogP contribution in [0, 0.1) is 0 Å². The number of benzene rings is 2. The Labute approximate surface area is 169 Å². The normalized spacial score (nSPS) is 11.6. The minimum atomic E-state index is -4.06. The molecule has 2 N–H and O–H groups in total. The highest BCUT2D eigenvalue weighted by atomic mass is 32.2. The van der Waals surface area contributed by atoms with E-state index in [0.717, 1.165) is 0 Å². The number of anilines is 2. The van der Waals surface area contributed by atoms with Crippen molar-refractivity contribution in [2.24, 2.45) is 0 Å². The average Bonchev–Trinajstić information content (AvgIpc) is 2.51. The summed E-state index contributed by atoms with van der Waals surface area (Å²) in [5, 5.41) is 0.791. The number of amides is 1. The van der Waals surface area contributed by atoms with Crippen molar-refractivity contribution in [1.29, 1.82) is 0 Å². The number of hydrogen-bond acceptors (Lipinski definition) is 5. The number of halogens is 1. The van der Waals surface area contributed by atoms with E-state index in [9.17, 15) is 17.6 Å². The zero-order valence-electron chi connectivity index (χ0n) is 15.0. The van der Waals surface area contributed by atoms with Crippen molar-refractivity contribution in [2.75, 3.05) is 17.1 Å². The van der Waals surface area contributed by atoms with Crippen molar-refractivity contribution in [2.45, 2.75) is 17.2 Å². The predicted octanol–water partition coefficient (Wildman–Crippen LogP) is 2.66. The maximum absolute atomic E-state index is 13.6. The number of carbonyl (C=O) groups is 1. The smallest absolute Gasteiger partial charge is 0.270 e. The van der Waals surface area contributed by atoms with E-state index >= 15 is 0 Å². The van der Waals surface area contributed by atoms with Crippen LogP contribution in [0.25, 0.3) is 0 Å². The van der Waals surface area contributed by atoms with E-state index in [1.165, 1.54) is 50.4 Å². The Morgan fingerprint density at radius 1 is 1.18 bits per heavy atom. The highest BCUT2D eigenvalue weighted by Gasteiger charge is 2.24. The maximum Gasteiger partial charge on any atom is 0.270 e. The quantitative estimate of drug-likeness (QED) is 0.615. The molecule has 3 unspecified atom stereocenters. The highest BCUT2D eigenvalue weighted by molar-refractivity contribution is 7.93. The molecule has 0 aliphatic carbocycles. The van der Waals surface area contributed by atoms with E-state index in [2.05, 4.69) is 19.3 Å². The highest BCUT2D eigenvalue weighted by Crippen LogP contribution is 2.34. The van der Waals surface area contributed by atoms with Gasteiger partial charge in [-0.15, -0.1) is 9.24 Å². The van der Waals surface area contributed by atoms with Crippen LogP contribution < -0.4 is 24.8 Å². The first kappa shape index (κ1) is 22.8. The molecule has 152 valence electrons. The molecule has 0 spiro atoms. The lowest BCUT2D eigenvalue weighted by atomic mass is 10.3. The molecule has 28 heavy (non-hydrogen) atoms. The second-order valence-electron chi connectivity index (χ2n) is 5.71. The molecule has 1 amide bonds. The van der Waals surface area contributed by atoms with Crippen LogP contribution >= 0.6 is 27.7 Å². The fourth-order valence-corrected chi connectivity index (χ4v) is 4.72. The minimum Gasteiger partial charge on any atom is -0.495 e. The summed E-state index contributed by atoms with van der Waals surface area (Å²) in [5.74, 6) is -0.121. The molecular formula is C16H20FN2O5P3S. The fourth-order valence-electron chi connectivity index (χ4n) is 2.35. The van der Waals surface area contributed by atoms with Gasteiger partial charge in [-0.25, -0.2) is 8.42 Å². The van der Waals surface area contributed by atoms with E-state index in [1.54, 1.807) is 0 Å². The largest absolute Gasteiger partial charge is 0.495 e. The summed E-state index contributed by atoms with van der Waals surface area (Å²) in [6.07, 6.45) is 0. The molecule has 12 heteroatoms. The number of carbonyl (C=O) groups excluding carboxylic acids is 1. The first-order chi connectivity index (χ1) is 12.9. The van der Waals surface area contributed by atoms with Crippen LogP contribution in [0.2, 0.25) is 0 Å². The third-order valence-corrected chi connectivity index (χ3v) is 5.63. The zero-order chi connectivity index (χ0) is 21.1. The topological polar surface area (TPSA) is 93.7 Å². The Morgan fingerprint density at radius 2 is 1.86 bits per heavy atom. The molecule has 0 aliphatic heterocycles. The number of methoxy groups -OCH3 is 1. The molecule has 0 aromatic heterocycles. The van der Waals surface area contributed by atoms with Gasteiger partial charge in [-0.05, 0) is 42.0 Å². The van der Waals surface area contributed by atoms with E-state index in [1.807, 2.05) is 18.5 Å². The Bertz CT molecular complexity index is 996. The van der Waals surface area contributed by atoms with Crippen molar-refractivity contribution in [3.05, 3.63) is 36.4 Å². The first-order valence-electron chi connectivity index (χ1n) is 7.75. The van der Waals surface area contributed by atoms with Gasteiger partial charge in [0.05, 0.1) is 12.8 Å². The van der Waals surface area contributed by atoms with Crippen molar-refractivity contribution in [3.8, 4) is 11.5 Å². The van der Waals surface area contributed by atoms with Crippen LogP contribution in [0.15, 0.2) is 41.3 Å². The number of nitrogens with one attached hydrogen (secondary N) is 2. The van der Waals surface area contributed by atoms with Gasteiger partial charge >= 0.3 is 0 Å². The Kier molecular flexibility index (Phi) is 7.22. The van der Waals surface area contributed by atoms with Crippen LogP contribution in [-0.2, 0) is 14.8 Å². The van der Waals surface area contributed by atoms with E-state index in [4.69, 9.17) is 9.47 Å². The second kappa shape index (κ2) is 8.87. The van der Waals surface area contributed by atoms with Gasteiger partial charge in [-0.1, -0.05) is 6.07 Å². The lowest BCUT2D eigenvalue weighted by Crippen LogP contribution is -2.21. The summed E-state index contributed by atoms with van der Waals surface area (Å²) in [5.41, 5.74) is 0.568. The number of alkyl halides is 1. The molecule has 0 saturated carbocycles. The third-order valence-electron chi connectivity index (χ3n) is 3.25. The van der Waals surface area contributed by atoms with Crippen LogP contribution in [0.4, 0.5) is 15.8 Å². The lowest BCUT2D eigenvalue weighted by molar-refractivity contribution is -0.114. The van der Waals surface area contributed by atoms with E-state index in [-0.39, 0.29) is 28.0 Å². The van der Waals surface area contributed by atoms with Crippen LogP contribution in [0.3, 0.4) is 0 Å². The van der Waals surface area contributed by atoms with Crippen LogP contribution in [0.5, 0.6) is 11.5 Å². The van der Waals surface area contributed by atoms with Gasteiger partial charge in [-0.2, -0.15) is 4.39 Å². The lowest BCUT2D eigenvalue weighted by Gasteiger charge is -2.18. The number of sulfonamides is 1. The van der Waals surface area contributed by atoms with Gasteiger partial charge in [0.25, 0.3) is 15.4 Å². The third kappa shape index (κ3) is 6.25. The molecule has 2 rings (SSSR count). The number of rotatable bonds is 7. The monoisotopic (exact) mass is 464 g/mol. The van der Waals surface area contributed by atoms with Gasteiger partial charge in [0.2, 0.25) is 5.91 Å². The molecule has 2 aromatic carbocycles. The molecule has 0 fully saturated rings. The summed E-state index contributed by atoms with van der Waals surface area (Å²) >= 11 is 0. The molecule has 0 heterocycles. The average molecular weight is 464 g/mol. The summed E-state index contributed by atoms with van der Waals surface area (Å²) in [7, 11) is 3.28. The van der Waals surface area contributed by atoms with Crippen molar-refractivity contribution < 1.29 is 27.1 Å². The molecule has 3 atom stereocenters. The Morgan fingerprint density at radius 3 is 2.43 bits per heavy atom. The summed E-state index contributed by atoms with van der Waals surface area (Å²) in [6.45, 7) is 1.34. The fraction of sp³-hybridized carbons (Fsp3) is 0.188. The number of hydrogen-bond donors (Lipinski definition) is 2. The second-order valence-corrected chi connectivity index (χ2v) is 10.2. The number of ether oxygens (including phenoxy) is 2. The maximum atomic E-state index is 13.6. The van der Waals surface area contributed by atoms with E-state index in [0.29, 0.717) is 11.0 Å². The Balaban J connectivity index is 2.40. The van der Waals surface area contributed by atoms with Crippen molar-refractivity contribution >= 4 is 60.3 Å². The van der Waals surface area contributed by atoms with Gasteiger partial charge in [-0.3, -0.25) is 9.52 Å². The van der Waals surface area contributed by atoms with Gasteiger partial charge in [0.1, 0.15) is 16.4 Å². The minimum absolute atomic E-state index is 0.0499. The Hall–Kier alpha value is -1.52. The molecule has 0 radical (unpaired) electrons. The first-order valence-corrected chi connectivity index (χ1v) is 11.0. The van der Waals surface area contributed by atoms with Crippen LogP contribution in [-0.4, -0.2) is 26.8 Å². The molecule has 0 saturated heterocycles. The zero-order valence-corrected chi connectivity index (χ0v) is 19.3. The SMILES string of the molecule is COc1cc(NC(C)=O)cc(P)c1S(=O)(=O)Nc1cccc(OC(F)(P)P)c1. The molecule has 2 aromatic rings. The molecular weight excluding hydrogens is 444 g/mol. The molecule has 0 aliphatic rings. The predicted molar refractivity (Wildman–Crippen MR) is 118 cm³/mol. The van der Waals surface area contributed by atoms with Gasteiger partial charge in [0.15, 0.2) is 0 Å². The molecule has 7 nitrogen and oxygen atoms in total. The summed E-state index contributed by atoms with van der Waals surface area (Å²) in [4.78, 5) is 11.1. The summed E-state index contributed by atoms with van der Waals surface area (Å²) in [6, 6.07) is 8.75. The molecule has 0 bridgehead atoms. The standard InChI is InChI=1S/C16H20FN2O5P3S/c1-9(20)18-11-7-13(23-2)15(14(25)8-11)28(21,22)19-10-4-3-5-12(6-10)24-16(17,26)27/h3-8,19H,25-27H2,1-2H3,(H,18,20). The van der Waals surface area contributed by atoms with Crippen LogP contribution in [0.1, 0.15) is 6.92 Å². The van der Waals surface area contributed by atoms with E-state index < -0.39 is 15.4 Å². The summed E-state index contributed by atoms with van der Waals surface area (Å²) < 4.78 is 52.1. The van der Waals surface area contributed by atoms with Gasteiger partial charge in [0, 0.05) is 24.7 Å².